The Kier molecular flexibility index (Phi) is 4.88. The molecule has 5 nitrogen and oxygen atoms in total. The van der Waals surface area contributed by atoms with Crippen LogP contribution in [0.25, 0.3) is 0 Å². The molecular weight excluding hydrogens is 445 g/mol. The summed E-state index contributed by atoms with van der Waals surface area (Å²) in [6.45, 7) is 3.80. The number of phenolic OH excluding ortho intramolecular Hbond substituents is 1. The average Bonchev–Trinajstić information content (AvgIpc) is 2.78. The highest BCUT2D eigenvalue weighted by molar-refractivity contribution is 9.09. The number of carbonyl (C=O) groups excluding carboxylic acids is 2. The Labute approximate surface area is 169 Å². The largest absolute Gasteiger partial charge is 0.504 e. The van der Waals surface area contributed by atoms with Crippen LogP contribution in [-0.2, 0) is 9.59 Å². The number of rotatable bonds is 4. The van der Waals surface area contributed by atoms with Crippen LogP contribution in [0.5, 0.6) is 11.5 Å². The molecule has 3 atom stereocenters. The molecule has 0 radical (unpaired) electrons. The van der Waals surface area contributed by atoms with Gasteiger partial charge in [-0.3, -0.25) is 14.5 Å². The van der Waals surface area contributed by atoms with E-state index in [1.165, 1.54) is 13.2 Å². The molecule has 2 aliphatic rings. The highest BCUT2D eigenvalue weighted by Gasteiger charge is 2.72. The van der Waals surface area contributed by atoms with Crippen molar-refractivity contribution >= 4 is 50.9 Å². The lowest BCUT2D eigenvalue weighted by Gasteiger charge is -2.42. The van der Waals surface area contributed by atoms with E-state index in [0.29, 0.717) is 11.1 Å². The average molecular weight is 461 g/mol. The van der Waals surface area contributed by atoms with Crippen molar-refractivity contribution in [3.8, 4) is 11.5 Å². The minimum Gasteiger partial charge on any atom is -0.504 e. The SMILES string of the molecule is C=CC1=CCC2(Cl)C(=O)N(CBr)C(=O)C2(Cl)C1c1ccc(O)c(OC)c1. The Hall–Kier alpha value is -1.50. The van der Waals surface area contributed by atoms with E-state index in [0.717, 1.165) is 4.90 Å². The summed E-state index contributed by atoms with van der Waals surface area (Å²) in [6, 6.07) is 4.66. The van der Waals surface area contributed by atoms with E-state index in [4.69, 9.17) is 27.9 Å². The Morgan fingerprint density at radius 2 is 2.12 bits per heavy atom. The number of amides is 2. The van der Waals surface area contributed by atoms with Gasteiger partial charge < -0.3 is 9.84 Å². The molecule has 1 N–H and O–H groups in total. The van der Waals surface area contributed by atoms with Crippen LogP contribution in [0.2, 0.25) is 0 Å². The fraction of sp³-hybridized carbons (Fsp3) is 0.333. The molecule has 1 saturated heterocycles. The number of ether oxygens (including phenoxy) is 1. The van der Waals surface area contributed by atoms with Crippen molar-refractivity contribution in [1.82, 2.24) is 4.90 Å². The Balaban J connectivity index is 2.26. The molecule has 1 aliphatic heterocycles. The van der Waals surface area contributed by atoms with Crippen molar-refractivity contribution in [2.45, 2.75) is 22.1 Å². The minimum atomic E-state index is -1.72. The highest BCUT2D eigenvalue weighted by atomic mass is 79.9. The summed E-state index contributed by atoms with van der Waals surface area (Å²) in [5.74, 6) is -1.66. The molecule has 3 unspecified atom stereocenters. The second-order valence-electron chi connectivity index (χ2n) is 6.15. The minimum absolute atomic E-state index is 0.00263. The number of fused-ring (bicyclic) bond motifs is 1. The van der Waals surface area contributed by atoms with Gasteiger partial charge in [0.2, 0.25) is 0 Å². The molecule has 1 fully saturated rings. The summed E-state index contributed by atoms with van der Waals surface area (Å²) in [7, 11) is 1.42. The Morgan fingerprint density at radius 3 is 2.69 bits per heavy atom. The standard InChI is InChI=1S/C18H16BrCl2NO4/c1-3-10-6-7-17(20)15(24)22(9-19)16(25)18(17,21)14(10)11-4-5-12(23)13(8-11)26-2/h3-6,8,14,23H,1,7,9H2,2H3. The summed E-state index contributed by atoms with van der Waals surface area (Å²) in [4.78, 5) is 23.6. The molecule has 26 heavy (non-hydrogen) atoms. The maximum Gasteiger partial charge on any atom is 0.254 e. The van der Waals surface area contributed by atoms with E-state index in [9.17, 15) is 14.7 Å². The molecule has 1 aliphatic carbocycles. The number of carbonyl (C=O) groups is 2. The molecule has 8 heteroatoms. The van der Waals surface area contributed by atoms with Gasteiger partial charge in [-0.15, -0.1) is 23.2 Å². The van der Waals surface area contributed by atoms with Crippen molar-refractivity contribution in [2.75, 3.05) is 12.6 Å². The fourth-order valence-electron chi connectivity index (χ4n) is 3.63. The van der Waals surface area contributed by atoms with Gasteiger partial charge in [-0.25, -0.2) is 0 Å². The second kappa shape index (κ2) is 6.59. The first-order valence-electron chi connectivity index (χ1n) is 7.75. The fourth-order valence-corrected chi connectivity index (χ4v) is 4.96. The van der Waals surface area contributed by atoms with Crippen molar-refractivity contribution in [2.24, 2.45) is 0 Å². The second-order valence-corrected chi connectivity index (χ2v) is 7.89. The van der Waals surface area contributed by atoms with Crippen LogP contribution in [0.3, 0.4) is 0 Å². The third kappa shape index (κ3) is 2.35. The Morgan fingerprint density at radius 1 is 1.42 bits per heavy atom. The molecule has 1 aromatic carbocycles. The molecule has 0 spiro atoms. The monoisotopic (exact) mass is 459 g/mol. The molecule has 0 aromatic heterocycles. The van der Waals surface area contributed by atoms with Crippen LogP contribution in [0.1, 0.15) is 17.9 Å². The molecule has 0 saturated carbocycles. The number of hydrogen-bond acceptors (Lipinski definition) is 4. The van der Waals surface area contributed by atoms with Crippen LogP contribution in [0, 0.1) is 0 Å². The van der Waals surface area contributed by atoms with Gasteiger partial charge in [-0.2, -0.15) is 0 Å². The lowest BCUT2D eigenvalue weighted by atomic mass is 9.68. The van der Waals surface area contributed by atoms with Gasteiger partial charge in [0.25, 0.3) is 11.8 Å². The van der Waals surface area contributed by atoms with Crippen molar-refractivity contribution in [3.05, 3.63) is 48.1 Å². The number of benzene rings is 1. The number of hydrogen-bond donors (Lipinski definition) is 1. The predicted octanol–water partition coefficient (Wildman–Crippen LogP) is 3.68. The highest BCUT2D eigenvalue weighted by Crippen LogP contribution is 2.59. The molecule has 2 amide bonds. The van der Waals surface area contributed by atoms with E-state index in [1.54, 1.807) is 24.3 Å². The first-order valence-corrected chi connectivity index (χ1v) is 9.63. The van der Waals surface area contributed by atoms with Crippen LogP contribution in [0.15, 0.2) is 42.5 Å². The van der Waals surface area contributed by atoms with Crippen molar-refractivity contribution in [3.63, 3.8) is 0 Å². The molecule has 0 bridgehead atoms. The summed E-state index contributed by atoms with van der Waals surface area (Å²) in [6.07, 6.45) is 3.48. The number of aromatic hydroxyl groups is 1. The topological polar surface area (TPSA) is 66.8 Å². The summed E-state index contributed by atoms with van der Waals surface area (Å²) in [5.41, 5.74) is 1.27. The number of halogens is 3. The quantitative estimate of drug-likeness (QED) is 0.422. The Bertz CT molecular complexity index is 842. The number of likely N-dealkylation sites (tertiary alicyclic amines) is 1. The number of alkyl halides is 3. The van der Waals surface area contributed by atoms with E-state index < -0.39 is 27.5 Å². The van der Waals surface area contributed by atoms with Crippen molar-refractivity contribution in [1.29, 1.82) is 0 Å². The van der Waals surface area contributed by atoms with E-state index in [2.05, 4.69) is 22.5 Å². The zero-order chi connectivity index (χ0) is 19.3. The number of allylic oxidation sites excluding steroid dienone is 3. The molecule has 3 rings (SSSR count). The van der Waals surface area contributed by atoms with E-state index >= 15 is 0 Å². The van der Waals surface area contributed by atoms with Gasteiger partial charge in [0.1, 0.15) is 0 Å². The van der Waals surface area contributed by atoms with Crippen LogP contribution >= 0.6 is 39.1 Å². The number of nitrogens with zero attached hydrogens (tertiary/aromatic N) is 1. The van der Waals surface area contributed by atoms with Crippen molar-refractivity contribution < 1.29 is 19.4 Å². The number of phenols is 1. The zero-order valence-electron chi connectivity index (χ0n) is 13.8. The molecule has 1 heterocycles. The molecular formula is C18H16BrCl2NO4. The number of imide groups is 1. The first-order chi connectivity index (χ1) is 12.3. The molecule has 1 aromatic rings. The first kappa shape index (κ1) is 19.3. The lowest BCUT2D eigenvalue weighted by molar-refractivity contribution is -0.138. The lowest BCUT2D eigenvalue weighted by Crippen LogP contribution is -2.54. The van der Waals surface area contributed by atoms with Crippen LogP contribution in [-0.4, -0.2) is 44.1 Å². The maximum absolute atomic E-state index is 13.1. The van der Waals surface area contributed by atoms with Gasteiger partial charge >= 0.3 is 0 Å². The zero-order valence-corrected chi connectivity index (χ0v) is 16.9. The maximum atomic E-state index is 13.1. The van der Waals surface area contributed by atoms with Gasteiger partial charge in [-0.05, 0) is 29.7 Å². The smallest absolute Gasteiger partial charge is 0.254 e. The summed E-state index contributed by atoms with van der Waals surface area (Å²) >= 11 is 16.7. The van der Waals surface area contributed by atoms with Gasteiger partial charge in [0, 0.05) is 5.92 Å². The number of methoxy groups -OCH3 is 1. The van der Waals surface area contributed by atoms with Crippen LogP contribution < -0.4 is 4.74 Å². The van der Waals surface area contributed by atoms with Crippen LogP contribution in [0.4, 0.5) is 0 Å². The molecule has 138 valence electrons. The van der Waals surface area contributed by atoms with E-state index in [-0.39, 0.29) is 23.4 Å². The van der Waals surface area contributed by atoms with Gasteiger partial charge in [0.15, 0.2) is 21.2 Å². The van der Waals surface area contributed by atoms with Gasteiger partial charge in [-0.1, -0.05) is 40.7 Å². The normalized spacial score (nSPS) is 30.8. The third-order valence-electron chi connectivity index (χ3n) is 4.96. The van der Waals surface area contributed by atoms with Gasteiger partial charge in [0.05, 0.1) is 12.6 Å². The predicted molar refractivity (Wildman–Crippen MR) is 103 cm³/mol. The third-order valence-corrected chi connectivity index (χ3v) is 6.87. The van der Waals surface area contributed by atoms with E-state index in [1.807, 2.05) is 0 Å². The summed E-state index contributed by atoms with van der Waals surface area (Å²) < 4.78 is 5.16. The summed E-state index contributed by atoms with van der Waals surface area (Å²) in [5, 5.41) is 9.88.